The lowest BCUT2D eigenvalue weighted by Crippen LogP contribution is -2.42. The zero-order valence-electron chi connectivity index (χ0n) is 16.2. The first-order valence-corrected chi connectivity index (χ1v) is 9.32. The zero-order chi connectivity index (χ0) is 20.0. The smallest absolute Gasteiger partial charge is 0.330 e. The lowest BCUT2D eigenvalue weighted by atomic mass is 10.1. The lowest BCUT2D eigenvalue weighted by molar-refractivity contribution is -0.118. The van der Waals surface area contributed by atoms with E-state index in [1.165, 1.54) is 9.47 Å². The van der Waals surface area contributed by atoms with Gasteiger partial charge in [0.1, 0.15) is 5.82 Å². The molecular weight excluding hydrogens is 344 g/mol. The van der Waals surface area contributed by atoms with Gasteiger partial charge in [-0.3, -0.25) is 19.1 Å². The van der Waals surface area contributed by atoms with Crippen molar-refractivity contribution >= 4 is 17.4 Å². The Kier molecular flexibility index (Phi) is 6.98. The number of aromatic nitrogens is 2. The number of H-pyrrole nitrogens is 1. The molecule has 1 aromatic heterocycles. The van der Waals surface area contributed by atoms with Gasteiger partial charge in [-0.1, -0.05) is 57.5 Å². The Morgan fingerprint density at radius 2 is 1.89 bits per heavy atom. The van der Waals surface area contributed by atoms with Crippen LogP contribution in [0.15, 0.2) is 39.9 Å². The Balaban J connectivity index is 2.48. The Hall–Kier alpha value is -2.83. The summed E-state index contributed by atoms with van der Waals surface area (Å²) in [4.78, 5) is 41.4. The highest BCUT2D eigenvalue weighted by atomic mass is 16.2. The van der Waals surface area contributed by atoms with E-state index in [2.05, 4.69) is 4.98 Å². The number of hydrogen-bond donors (Lipinski definition) is 2. The molecule has 2 aromatic rings. The number of nitrogens with two attached hydrogens (primary N) is 1. The quantitative estimate of drug-likeness (QED) is 0.741. The van der Waals surface area contributed by atoms with Crippen molar-refractivity contribution in [2.24, 2.45) is 5.92 Å². The van der Waals surface area contributed by atoms with E-state index in [4.69, 9.17) is 5.73 Å². The molecule has 7 heteroatoms. The van der Waals surface area contributed by atoms with E-state index in [1.54, 1.807) is 0 Å². The van der Waals surface area contributed by atoms with Crippen LogP contribution in [0.1, 0.15) is 39.2 Å². The van der Waals surface area contributed by atoms with Crippen LogP contribution in [-0.2, 0) is 17.8 Å². The number of amides is 1. The Morgan fingerprint density at radius 1 is 1.22 bits per heavy atom. The van der Waals surface area contributed by atoms with Gasteiger partial charge in [-0.25, -0.2) is 4.79 Å². The predicted octanol–water partition coefficient (Wildman–Crippen LogP) is 2.15. The molecule has 0 aliphatic rings. The number of rotatable bonds is 8. The van der Waals surface area contributed by atoms with Gasteiger partial charge in [0, 0.05) is 13.1 Å². The van der Waals surface area contributed by atoms with Crippen molar-refractivity contribution in [3.8, 4) is 0 Å². The van der Waals surface area contributed by atoms with E-state index in [1.807, 2.05) is 51.1 Å². The number of carbonyl (C=O) groups is 1. The summed E-state index contributed by atoms with van der Waals surface area (Å²) in [6.07, 6.45) is 1.74. The van der Waals surface area contributed by atoms with Crippen LogP contribution in [0.2, 0.25) is 0 Å². The minimum Gasteiger partial charge on any atom is -0.383 e. The fourth-order valence-electron chi connectivity index (χ4n) is 2.93. The summed E-state index contributed by atoms with van der Waals surface area (Å²) in [5.41, 5.74) is 5.92. The molecule has 1 aromatic carbocycles. The van der Waals surface area contributed by atoms with Gasteiger partial charge in [0.25, 0.3) is 5.56 Å². The maximum atomic E-state index is 13.0. The first-order valence-electron chi connectivity index (χ1n) is 9.32. The van der Waals surface area contributed by atoms with Crippen LogP contribution in [0.4, 0.5) is 11.5 Å². The van der Waals surface area contributed by atoms with Gasteiger partial charge in [-0.05, 0) is 17.9 Å². The minimum atomic E-state index is -0.630. The molecule has 0 unspecified atom stereocenters. The third-order valence-corrected chi connectivity index (χ3v) is 4.27. The standard InChI is InChI=1S/C20H28N4O3/c1-4-5-11-23(16(25)12-15-9-7-6-8-10-15)17-18(21)24(13-14(2)3)20(27)22-19(17)26/h6-10,14H,4-5,11-13,21H2,1-3H3,(H,22,26,27). The average molecular weight is 372 g/mol. The molecule has 0 atom stereocenters. The van der Waals surface area contributed by atoms with Gasteiger partial charge < -0.3 is 10.6 Å². The van der Waals surface area contributed by atoms with Crippen LogP contribution in [-0.4, -0.2) is 22.0 Å². The SMILES string of the molecule is CCCCN(C(=O)Cc1ccccc1)c1c(N)n(CC(C)C)c(=O)[nH]c1=O. The molecule has 0 spiro atoms. The molecule has 0 fully saturated rings. The number of carbonyl (C=O) groups excluding carboxylic acids is 1. The van der Waals surface area contributed by atoms with E-state index < -0.39 is 11.2 Å². The fraction of sp³-hybridized carbons (Fsp3) is 0.450. The first-order chi connectivity index (χ1) is 12.8. The Labute approximate surface area is 158 Å². The van der Waals surface area contributed by atoms with Gasteiger partial charge in [-0.15, -0.1) is 0 Å². The number of nitrogen functional groups attached to an aromatic ring is 1. The highest BCUT2D eigenvalue weighted by Gasteiger charge is 2.24. The molecule has 0 saturated heterocycles. The minimum absolute atomic E-state index is 0.0370. The molecule has 1 heterocycles. The summed E-state index contributed by atoms with van der Waals surface area (Å²) in [5, 5.41) is 0. The molecule has 0 saturated carbocycles. The van der Waals surface area contributed by atoms with Gasteiger partial charge in [0.2, 0.25) is 5.91 Å². The zero-order valence-corrected chi connectivity index (χ0v) is 16.2. The van der Waals surface area contributed by atoms with Crippen LogP contribution < -0.4 is 21.9 Å². The van der Waals surface area contributed by atoms with Gasteiger partial charge in [0.15, 0.2) is 5.69 Å². The van der Waals surface area contributed by atoms with Crippen molar-refractivity contribution in [1.82, 2.24) is 9.55 Å². The normalized spacial score (nSPS) is 11.0. The summed E-state index contributed by atoms with van der Waals surface area (Å²) in [6, 6.07) is 9.34. The topological polar surface area (TPSA) is 101 Å². The second-order valence-corrected chi connectivity index (χ2v) is 7.06. The van der Waals surface area contributed by atoms with E-state index in [-0.39, 0.29) is 29.8 Å². The van der Waals surface area contributed by atoms with Crippen molar-refractivity contribution in [2.75, 3.05) is 17.2 Å². The molecule has 0 bridgehead atoms. The summed E-state index contributed by atoms with van der Waals surface area (Å²) in [5.74, 6) is -0.0237. The fourth-order valence-corrected chi connectivity index (χ4v) is 2.93. The maximum Gasteiger partial charge on any atom is 0.330 e. The summed E-state index contributed by atoms with van der Waals surface area (Å²) in [7, 11) is 0. The highest BCUT2D eigenvalue weighted by molar-refractivity contribution is 5.96. The summed E-state index contributed by atoms with van der Waals surface area (Å²) >= 11 is 0. The van der Waals surface area contributed by atoms with Crippen molar-refractivity contribution in [1.29, 1.82) is 0 Å². The Bertz CT molecular complexity index is 884. The Morgan fingerprint density at radius 3 is 2.48 bits per heavy atom. The molecule has 1 amide bonds. The van der Waals surface area contributed by atoms with Crippen LogP contribution in [0.25, 0.3) is 0 Å². The van der Waals surface area contributed by atoms with Gasteiger partial charge in [-0.2, -0.15) is 0 Å². The summed E-state index contributed by atoms with van der Waals surface area (Å²) in [6.45, 7) is 6.64. The maximum absolute atomic E-state index is 13.0. The van der Waals surface area contributed by atoms with Crippen LogP contribution in [0, 0.1) is 5.92 Å². The molecular formula is C20H28N4O3. The third kappa shape index (κ3) is 5.09. The monoisotopic (exact) mass is 372 g/mol. The van der Waals surface area contributed by atoms with E-state index in [0.717, 1.165) is 18.4 Å². The molecule has 0 aliphatic carbocycles. The van der Waals surface area contributed by atoms with Crippen LogP contribution in [0.3, 0.4) is 0 Å². The molecule has 146 valence electrons. The number of aromatic amines is 1. The second-order valence-electron chi connectivity index (χ2n) is 7.06. The van der Waals surface area contributed by atoms with Crippen LogP contribution in [0.5, 0.6) is 0 Å². The highest BCUT2D eigenvalue weighted by Crippen LogP contribution is 2.19. The second kappa shape index (κ2) is 9.21. The largest absolute Gasteiger partial charge is 0.383 e. The third-order valence-electron chi connectivity index (χ3n) is 4.27. The van der Waals surface area contributed by atoms with E-state index in [0.29, 0.717) is 13.1 Å². The number of nitrogens with zero attached hydrogens (tertiary/aromatic N) is 2. The molecule has 0 aliphatic heterocycles. The number of anilines is 2. The molecule has 3 N–H and O–H groups in total. The molecule has 7 nitrogen and oxygen atoms in total. The van der Waals surface area contributed by atoms with E-state index >= 15 is 0 Å². The molecule has 0 radical (unpaired) electrons. The van der Waals surface area contributed by atoms with Crippen molar-refractivity contribution in [3.05, 3.63) is 56.7 Å². The number of unbranched alkanes of at least 4 members (excludes halogenated alkanes) is 1. The van der Waals surface area contributed by atoms with Crippen molar-refractivity contribution in [2.45, 2.75) is 46.6 Å². The van der Waals surface area contributed by atoms with Gasteiger partial charge >= 0.3 is 5.69 Å². The summed E-state index contributed by atoms with van der Waals surface area (Å²) < 4.78 is 1.33. The van der Waals surface area contributed by atoms with Crippen molar-refractivity contribution < 1.29 is 4.79 Å². The first kappa shape index (κ1) is 20.5. The molecule has 27 heavy (non-hydrogen) atoms. The molecule has 2 rings (SSSR count). The lowest BCUT2D eigenvalue weighted by Gasteiger charge is -2.25. The average Bonchev–Trinajstić information content (AvgIpc) is 2.61. The predicted molar refractivity (Wildman–Crippen MR) is 108 cm³/mol. The van der Waals surface area contributed by atoms with Crippen LogP contribution >= 0.6 is 0 Å². The van der Waals surface area contributed by atoms with Gasteiger partial charge in [0.05, 0.1) is 6.42 Å². The number of nitrogens with one attached hydrogen (secondary N) is 1. The number of hydrogen-bond acceptors (Lipinski definition) is 4. The van der Waals surface area contributed by atoms with Crippen molar-refractivity contribution in [3.63, 3.8) is 0 Å². The number of benzene rings is 1. The van der Waals surface area contributed by atoms with E-state index in [9.17, 15) is 14.4 Å².